The molecule has 4 nitrogen and oxygen atoms in total. The fraction of sp³-hybridized carbons (Fsp3) is 0.188. The SMILES string of the molecule is COc1ccc(C(=O)Nc2cc(C)ccc2C)cc1O. The summed E-state index contributed by atoms with van der Waals surface area (Å²) in [6, 6.07) is 10.4. The molecule has 0 aliphatic heterocycles. The van der Waals surface area contributed by atoms with E-state index in [-0.39, 0.29) is 11.7 Å². The van der Waals surface area contributed by atoms with Crippen LogP contribution in [0.25, 0.3) is 0 Å². The second kappa shape index (κ2) is 5.65. The number of nitrogens with one attached hydrogen (secondary N) is 1. The Kier molecular flexibility index (Phi) is 3.94. The van der Waals surface area contributed by atoms with E-state index in [4.69, 9.17) is 4.74 Å². The average Bonchev–Trinajstić information content (AvgIpc) is 2.42. The molecule has 0 aliphatic rings. The van der Waals surface area contributed by atoms with Gasteiger partial charge in [-0.1, -0.05) is 12.1 Å². The van der Waals surface area contributed by atoms with E-state index in [1.807, 2.05) is 32.0 Å². The second-order valence-electron chi connectivity index (χ2n) is 4.66. The molecule has 0 bridgehead atoms. The zero-order valence-electron chi connectivity index (χ0n) is 11.7. The third kappa shape index (κ3) is 2.91. The van der Waals surface area contributed by atoms with E-state index in [1.54, 1.807) is 12.1 Å². The van der Waals surface area contributed by atoms with Gasteiger partial charge in [0.1, 0.15) is 0 Å². The summed E-state index contributed by atoms with van der Waals surface area (Å²) in [5.41, 5.74) is 3.21. The van der Waals surface area contributed by atoms with Crippen molar-refractivity contribution in [2.45, 2.75) is 13.8 Å². The minimum atomic E-state index is -0.267. The van der Waals surface area contributed by atoms with Crippen LogP contribution in [-0.4, -0.2) is 18.1 Å². The zero-order valence-corrected chi connectivity index (χ0v) is 11.7. The van der Waals surface area contributed by atoms with Crippen molar-refractivity contribution >= 4 is 11.6 Å². The molecule has 0 aromatic heterocycles. The number of aryl methyl sites for hydroxylation is 2. The lowest BCUT2D eigenvalue weighted by Gasteiger charge is -2.10. The summed E-state index contributed by atoms with van der Waals surface area (Å²) in [5, 5.41) is 12.5. The topological polar surface area (TPSA) is 58.6 Å². The predicted octanol–water partition coefficient (Wildman–Crippen LogP) is 3.27. The summed E-state index contributed by atoms with van der Waals surface area (Å²) < 4.78 is 4.95. The Labute approximate surface area is 118 Å². The molecule has 0 unspecified atom stereocenters. The van der Waals surface area contributed by atoms with E-state index in [0.717, 1.165) is 16.8 Å². The Bertz CT molecular complexity index is 650. The Morgan fingerprint density at radius 1 is 1.15 bits per heavy atom. The third-order valence-corrected chi connectivity index (χ3v) is 3.08. The molecule has 0 spiro atoms. The summed E-state index contributed by atoms with van der Waals surface area (Å²) in [4.78, 5) is 12.2. The highest BCUT2D eigenvalue weighted by Crippen LogP contribution is 2.27. The van der Waals surface area contributed by atoms with Gasteiger partial charge in [-0.25, -0.2) is 0 Å². The number of benzene rings is 2. The molecule has 2 aromatic carbocycles. The lowest BCUT2D eigenvalue weighted by Crippen LogP contribution is -2.12. The van der Waals surface area contributed by atoms with Crippen LogP contribution in [-0.2, 0) is 0 Å². The minimum Gasteiger partial charge on any atom is -0.504 e. The summed E-state index contributed by atoms with van der Waals surface area (Å²) >= 11 is 0. The highest BCUT2D eigenvalue weighted by molar-refractivity contribution is 6.05. The van der Waals surface area contributed by atoms with Gasteiger partial charge in [0.15, 0.2) is 11.5 Å². The molecule has 0 fully saturated rings. The molecule has 2 N–H and O–H groups in total. The number of aromatic hydroxyl groups is 1. The molecule has 0 atom stereocenters. The van der Waals surface area contributed by atoms with Crippen LogP contribution in [0.1, 0.15) is 21.5 Å². The second-order valence-corrected chi connectivity index (χ2v) is 4.66. The van der Waals surface area contributed by atoms with Crippen LogP contribution in [0.4, 0.5) is 5.69 Å². The summed E-state index contributed by atoms with van der Waals surface area (Å²) in [6.07, 6.45) is 0. The van der Waals surface area contributed by atoms with Gasteiger partial charge >= 0.3 is 0 Å². The number of hydrogen-bond acceptors (Lipinski definition) is 3. The summed E-state index contributed by atoms with van der Waals surface area (Å²) in [5.74, 6) is 0.0195. The van der Waals surface area contributed by atoms with Crippen LogP contribution in [0.15, 0.2) is 36.4 Å². The van der Waals surface area contributed by atoms with Gasteiger partial charge in [-0.15, -0.1) is 0 Å². The molecular weight excluding hydrogens is 254 g/mol. The highest BCUT2D eigenvalue weighted by Gasteiger charge is 2.11. The molecule has 4 heteroatoms. The molecule has 1 amide bonds. The lowest BCUT2D eigenvalue weighted by molar-refractivity contribution is 0.102. The first kappa shape index (κ1) is 13.9. The van der Waals surface area contributed by atoms with Crippen molar-refractivity contribution < 1.29 is 14.6 Å². The monoisotopic (exact) mass is 271 g/mol. The van der Waals surface area contributed by atoms with Crippen LogP contribution >= 0.6 is 0 Å². The van der Waals surface area contributed by atoms with E-state index in [1.165, 1.54) is 13.2 Å². The first-order chi connectivity index (χ1) is 9.51. The fourth-order valence-electron chi connectivity index (χ4n) is 1.90. The molecule has 0 heterocycles. The Morgan fingerprint density at radius 2 is 1.90 bits per heavy atom. The molecule has 0 saturated carbocycles. The Balaban J connectivity index is 2.24. The highest BCUT2D eigenvalue weighted by atomic mass is 16.5. The van der Waals surface area contributed by atoms with Crippen molar-refractivity contribution in [2.75, 3.05) is 12.4 Å². The number of phenols is 1. The van der Waals surface area contributed by atoms with Gasteiger partial charge in [-0.05, 0) is 49.2 Å². The van der Waals surface area contributed by atoms with Crippen LogP contribution in [0.3, 0.4) is 0 Å². The molecule has 20 heavy (non-hydrogen) atoms. The van der Waals surface area contributed by atoms with E-state index in [2.05, 4.69) is 5.32 Å². The van der Waals surface area contributed by atoms with Crippen LogP contribution < -0.4 is 10.1 Å². The average molecular weight is 271 g/mol. The maximum absolute atomic E-state index is 12.2. The number of rotatable bonds is 3. The minimum absolute atomic E-state index is 0.0545. The van der Waals surface area contributed by atoms with Crippen molar-refractivity contribution in [1.82, 2.24) is 0 Å². The van der Waals surface area contributed by atoms with Crippen LogP contribution in [0.2, 0.25) is 0 Å². The quantitative estimate of drug-likeness (QED) is 0.900. The standard InChI is InChI=1S/C16H17NO3/c1-10-4-5-11(2)13(8-10)17-16(19)12-6-7-15(20-3)14(18)9-12/h4-9,18H,1-3H3,(H,17,19). The smallest absolute Gasteiger partial charge is 0.255 e. The van der Waals surface area contributed by atoms with Crippen molar-refractivity contribution in [3.63, 3.8) is 0 Å². The lowest BCUT2D eigenvalue weighted by atomic mass is 10.1. The van der Waals surface area contributed by atoms with Crippen LogP contribution in [0, 0.1) is 13.8 Å². The van der Waals surface area contributed by atoms with Gasteiger partial charge in [0.05, 0.1) is 7.11 Å². The van der Waals surface area contributed by atoms with Crippen molar-refractivity contribution in [2.24, 2.45) is 0 Å². The van der Waals surface area contributed by atoms with Gasteiger partial charge in [-0.2, -0.15) is 0 Å². The van der Waals surface area contributed by atoms with Crippen molar-refractivity contribution in [1.29, 1.82) is 0 Å². The number of methoxy groups -OCH3 is 1. The van der Waals surface area contributed by atoms with E-state index < -0.39 is 0 Å². The van der Waals surface area contributed by atoms with Gasteiger partial charge < -0.3 is 15.2 Å². The zero-order chi connectivity index (χ0) is 14.7. The Hall–Kier alpha value is -2.49. The predicted molar refractivity (Wildman–Crippen MR) is 78.5 cm³/mol. The first-order valence-corrected chi connectivity index (χ1v) is 6.27. The number of anilines is 1. The third-order valence-electron chi connectivity index (χ3n) is 3.08. The van der Waals surface area contributed by atoms with Gasteiger partial charge in [0.25, 0.3) is 5.91 Å². The van der Waals surface area contributed by atoms with Gasteiger partial charge in [-0.3, -0.25) is 4.79 Å². The molecule has 0 radical (unpaired) electrons. The molecule has 2 rings (SSSR count). The van der Waals surface area contributed by atoms with Gasteiger partial charge in [0, 0.05) is 11.3 Å². The molecular formula is C16H17NO3. The van der Waals surface area contributed by atoms with E-state index in [9.17, 15) is 9.90 Å². The number of ether oxygens (including phenoxy) is 1. The fourth-order valence-corrected chi connectivity index (χ4v) is 1.90. The number of amides is 1. The largest absolute Gasteiger partial charge is 0.504 e. The first-order valence-electron chi connectivity index (χ1n) is 6.27. The summed E-state index contributed by atoms with van der Waals surface area (Å²) in [7, 11) is 1.46. The van der Waals surface area contributed by atoms with Crippen molar-refractivity contribution in [3.8, 4) is 11.5 Å². The van der Waals surface area contributed by atoms with Crippen molar-refractivity contribution in [3.05, 3.63) is 53.1 Å². The van der Waals surface area contributed by atoms with Gasteiger partial charge in [0.2, 0.25) is 0 Å². The molecule has 0 aliphatic carbocycles. The van der Waals surface area contributed by atoms with E-state index >= 15 is 0 Å². The number of carbonyl (C=O) groups excluding carboxylic acids is 1. The molecule has 2 aromatic rings. The number of carbonyl (C=O) groups is 1. The number of hydrogen-bond donors (Lipinski definition) is 2. The maximum atomic E-state index is 12.2. The number of phenolic OH excluding ortho intramolecular Hbond substituents is 1. The Morgan fingerprint density at radius 3 is 2.55 bits per heavy atom. The molecule has 104 valence electrons. The molecule has 0 saturated heterocycles. The van der Waals surface area contributed by atoms with E-state index in [0.29, 0.717) is 11.3 Å². The normalized spacial score (nSPS) is 10.2. The maximum Gasteiger partial charge on any atom is 0.255 e. The van der Waals surface area contributed by atoms with Crippen LogP contribution in [0.5, 0.6) is 11.5 Å². The summed E-state index contributed by atoms with van der Waals surface area (Å²) in [6.45, 7) is 3.90.